The van der Waals surface area contributed by atoms with Gasteiger partial charge in [-0.2, -0.15) is 0 Å². The molecular formula is C10H14N2O. The molecule has 0 radical (unpaired) electrons. The monoisotopic (exact) mass is 178 g/mol. The van der Waals surface area contributed by atoms with Gasteiger partial charge in [-0.3, -0.25) is 0 Å². The highest BCUT2D eigenvalue weighted by Gasteiger charge is 2.28. The molecular weight excluding hydrogens is 164 g/mol. The van der Waals surface area contributed by atoms with Crippen molar-refractivity contribution in [3.8, 4) is 0 Å². The molecule has 0 unspecified atom stereocenters. The minimum Gasteiger partial charge on any atom is -0.388 e. The van der Waals surface area contributed by atoms with Crippen molar-refractivity contribution in [1.82, 2.24) is 10.4 Å². The smallest absolute Gasteiger partial charge is 0.145 e. The van der Waals surface area contributed by atoms with Crippen LogP contribution in [0.4, 0.5) is 0 Å². The van der Waals surface area contributed by atoms with E-state index in [0.717, 1.165) is 11.4 Å². The van der Waals surface area contributed by atoms with Gasteiger partial charge < -0.3 is 9.74 Å². The van der Waals surface area contributed by atoms with Crippen molar-refractivity contribution < 1.29 is 4.84 Å². The van der Waals surface area contributed by atoms with E-state index in [-0.39, 0.29) is 5.54 Å². The van der Waals surface area contributed by atoms with Gasteiger partial charge in [0.2, 0.25) is 0 Å². The third-order valence-corrected chi connectivity index (χ3v) is 2.10. The Morgan fingerprint density at radius 2 is 2.15 bits per heavy atom. The highest BCUT2D eigenvalue weighted by molar-refractivity contribution is 5.38. The minimum absolute atomic E-state index is 0.0806. The van der Waals surface area contributed by atoms with E-state index >= 15 is 0 Å². The van der Waals surface area contributed by atoms with Gasteiger partial charge in [0.25, 0.3) is 0 Å². The lowest BCUT2D eigenvalue weighted by atomic mass is 10.0. The van der Waals surface area contributed by atoms with Crippen LogP contribution in [-0.4, -0.2) is 10.4 Å². The maximum atomic E-state index is 5.05. The lowest BCUT2D eigenvalue weighted by Gasteiger charge is -2.36. The van der Waals surface area contributed by atoms with Crippen LogP contribution in [0.3, 0.4) is 0 Å². The molecule has 2 heterocycles. The van der Waals surface area contributed by atoms with Crippen molar-refractivity contribution in [2.24, 2.45) is 0 Å². The van der Waals surface area contributed by atoms with Crippen molar-refractivity contribution in [1.29, 1.82) is 0 Å². The number of nitrogens with one attached hydrogen (secondary N) is 1. The summed E-state index contributed by atoms with van der Waals surface area (Å²) < 4.78 is 0. The van der Waals surface area contributed by atoms with Gasteiger partial charge in [0.15, 0.2) is 0 Å². The van der Waals surface area contributed by atoms with Crippen LogP contribution < -0.4 is 5.48 Å². The molecule has 13 heavy (non-hydrogen) atoms. The molecule has 2 aliphatic heterocycles. The number of hydrogen-bond acceptors (Lipinski definition) is 3. The lowest BCUT2D eigenvalue weighted by Crippen LogP contribution is -2.38. The SMILES string of the molecule is CC(C)(C)N1C=CC=C2NOC=C21. The molecule has 0 amide bonds. The van der Waals surface area contributed by atoms with E-state index in [2.05, 4.69) is 37.4 Å². The van der Waals surface area contributed by atoms with Crippen LogP contribution >= 0.6 is 0 Å². The van der Waals surface area contributed by atoms with Crippen molar-refractivity contribution >= 4 is 0 Å². The zero-order chi connectivity index (χ0) is 9.47. The maximum Gasteiger partial charge on any atom is 0.145 e. The summed E-state index contributed by atoms with van der Waals surface area (Å²) in [6, 6.07) is 0. The predicted molar refractivity (Wildman–Crippen MR) is 51.1 cm³/mol. The molecule has 0 saturated carbocycles. The molecule has 0 saturated heterocycles. The summed E-state index contributed by atoms with van der Waals surface area (Å²) in [6.07, 6.45) is 7.81. The summed E-state index contributed by atoms with van der Waals surface area (Å²) in [4.78, 5) is 7.24. The second kappa shape index (κ2) is 2.55. The summed E-state index contributed by atoms with van der Waals surface area (Å²) in [5.74, 6) is 0. The Kier molecular flexibility index (Phi) is 1.62. The predicted octanol–water partition coefficient (Wildman–Crippen LogP) is 1.87. The van der Waals surface area contributed by atoms with E-state index < -0.39 is 0 Å². The van der Waals surface area contributed by atoms with E-state index in [4.69, 9.17) is 4.84 Å². The first-order valence-electron chi connectivity index (χ1n) is 4.39. The molecule has 2 aliphatic rings. The Morgan fingerprint density at radius 1 is 1.38 bits per heavy atom. The molecule has 0 aromatic carbocycles. The first kappa shape index (κ1) is 8.23. The third kappa shape index (κ3) is 1.30. The van der Waals surface area contributed by atoms with Crippen LogP contribution in [0.15, 0.2) is 36.0 Å². The summed E-state index contributed by atoms with van der Waals surface area (Å²) in [6.45, 7) is 6.50. The van der Waals surface area contributed by atoms with Gasteiger partial charge in [-0.1, -0.05) is 0 Å². The first-order valence-corrected chi connectivity index (χ1v) is 4.39. The Bertz CT molecular complexity index is 307. The van der Waals surface area contributed by atoms with Crippen LogP contribution in [0.25, 0.3) is 0 Å². The van der Waals surface area contributed by atoms with Crippen LogP contribution in [0, 0.1) is 0 Å². The van der Waals surface area contributed by atoms with E-state index in [0.29, 0.717) is 0 Å². The van der Waals surface area contributed by atoms with Crippen molar-refractivity contribution in [2.45, 2.75) is 26.3 Å². The van der Waals surface area contributed by atoms with E-state index in [1.54, 1.807) is 6.26 Å². The van der Waals surface area contributed by atoms with Gasteiger partial charge in [-0.25, -0.2) is 5.48 Å². The molecule has 70 valence electrons. The highest BCUT2D eigenvalue weighted by atomic mass is 16.6. The standard InChI is InChI=1S/C10H14N2O/c1-10(2,3)12-6-4-5-8-9(12)7-13-11-8/h4-7,11H,1-3H3. The highest BCUT2D eigenvalue weighted by Crippen LogP contribution is 2.29. The average Bonchev–Trinajstić information content (AvgIpc) is 2.48. The molecule has 0 bridgehead atoms. The quantitative estimate of drug-likeness (QED) is 0.613. The fourth-order valence-corrected chi connectivity index (χ4v) is 1.46. The molecule has 1 N–H and O–H groups in total. The molecule has 0 fully saturated rings. The molecule has 3 heteroatoms. The van der Waals surface area contributed by atoms with Gasteiger partial charge >= 0.3 is 0 Å². The van der Waals surface area contributed by atoms with Crippen LogP contribution in [0.5, 0.6) is 0 Å². The topological polar surface area (TPSA) is 24.5 Å². The van der Waals surface area contributed by atoms with Crippen molar-refractivity contribution in [3.63, 3.8) is 0 Å². The molecule has 0 aromatic heterocycles. The molecule has 0 spiro atoms. The summed E-state index contributed by atoms with van der Waals surface area (Å²) in [5.41, 5.74) is 5.03. The average molecular weight is 178 g/mol. The zero-order valence-corrected chi connectivity index (χ0v) is 8.16. The Morgan fingerprint density at radius 3 is 2.85 bits per heavy atom. The number of nitrogens with zero attached hydrogens (tertiary/aromatic N) is 1. The van der Waals surface area contributed by atoms with Crippen LogP contribution in [-0.2, 0) is 4.84 Å². The first-order chi connectivity index (χ1) is 6.09. The van der Waals surface area contributed by atoms with Gasteiger partial charge in [-0.05, 0) is 32.9 Å². The molecule has 0 aliphatic carbocycles. The molecule has 3 nitrogen and oxygen atoms in total. The largest absolute Gasteiger partial charge is 0.388 e. The number of fused-ring (bicyclic) bond motifs is 1. The van der Waals surface area contributed by atoms with Crippen LogP contribution in [0.1, 0.15) is 20.8 Å². The second-order valence-corrected chi connectivity index (χ2v) is 4.19. The van der Waals surface area contributed by atoms with E-state index in [1.165, 1.54) is 0 Å². The summed E-state index contributed by atoms with van der Waals surface area (Å²) in [5, 5.41) is 0. The van der Waals surface area contributed by atoms with Crippen molar-refractivity contribution in [2.75, 3.05) is 0 Å². The number of rotatable bonds is 0. The second-order valence-electron chi connectivity index (χ2n) is 4.19. The normalized spacial score (nSPS) is 20.1. The Labute approximate surface area is 78.3 Å². The van der Waals surface area contributed by atoms with Gasteiger partial charge in [0.1, 0.15) is 12.0 Å². The summed E-state index contributed by atoms with van der Waals surface area (Å²) >= 11 is 0. The van der Waals surface area contributed by atoms with Gasteiger partial charge in [-0.15, -0.1) is 0 Å². The fraction of sp³-hybridized carbons (Fsp3) is 0.400. The number of allylic oxidation sites excluding steroid dienone is 2. The van der Waals surface area contributed by atoms with E-state index in [1.807, 2.05) is 12.2 Å². The maximum absolute atomic E-state index is 5.05. The summed E-state index contributed by atoms with van der Waals surface area (Å²) in [7, 11) is 0. The van der Waals surface area contributed by atoms with Crippen LogP contribution in [0.2, 0.25) is 0 Å². The Balaban J connectivity index is 2.33. The lowest BCUT2D eigenvalue weighted by molar-refractivity contribution is 0.186. The number of hydrogen-bond donors (Lipinski definition) is 1. The molecule has 0 atom stereocenters. The Hall–Kier alpha value is -1.38. The molecule has 2 rings (SSSR count). The van der Waals surface area contributed by atoms with E-state index in [9.17, 15) is 0 Å². The molecule has 0 aromatic rings. The minimum atomic E-state index is 0.0806. The number of hydroxylamine groups is 1. The zero-order valence-electron chi connectivity index (χ0n) is 8.16. The fourth-order valence-electron chi connectivity index (χ4n) is 1.46. The van der Waals surface area contributed by atoms with Gasteiger partial charge in [0.05, 0.1) is 5.70 Å². The van der Waals surface area contributed by atoms with Gasteiger partial charge in [0, 0.05) is 11.7 Å². The van der Waals surface area contributed by atoms with Crippen molar-refractivity contribution in [3.05, 3.63) is 36.0 Å². The third-order valence-electron chi connectivity index (χ3n) is 2.10.